The van der Waals surface area contributed by atoms with Crippen molar-refractivity contribution in [3.63, 3.8) is 0 Å². The summed E-state index contributed by atoms with van der Waals surface area (Å²) in [6, 6.07) is 15.4. The fraction of sp³-hybridized carbons (Fsp3) is 0.348. The number of carbonyl (C=O) groups excluding carboxylic acids is 1. The lowest BCUT2D eigenvalue weighted by Gasteiger charge is -2.19. The number of hydrogen-bond donors (Lipinski definition) is 1. The van der Waals surface area contributed by atoms with E-state index in [9.17, 15) is 9.59 Å². The van der Waals surface area contributed by atoms with E-state index in [0.29, 0.717) is 42.6 Å². The van der Waals surface area contributed by atoms with Gasteiger partial charge in [-0.1, -0.05) is 30.3 Å². The molecule has 30 heavy (non-hydrogen) atoms. The van der Waals surface area contributed by atoms with Gasteiger partial charge in [0.25, 0.3) is 11.5 Å². The molecule has 0 atom stereocenters. The Bertz CT molecular complexity index is 1090. The molecule has 0 radical (unpaired) electrons. The third-order valence-corrected chi connectivity index (χ3v) is 5.43. The number of methoxy groups -OCH3 is 1. The molecule has 0 bridgehead atoms. The highest BCUT2D eigenvalue weighted by molar-refractivity contribution is 5.97. The van der Waals surface area contributed by atoms with Crippen LogP contribution in [0.25, 0.3) is 10.9 Å². The van der Waals surface area contributed by atoms with Gasteiger partial charge in [0, 0.05) is 51.8 Å². The molecule has 1 aliphatic rings. The zero-order valence-corrected chi connectivity index (χ0v) is 17.1. The van der Waals surface area contributed by atoms with Gasteiger partial charge in [0.15, 0.2) is 0 Å². The predicted octanol–water partition coefficient (Wildman–Crippen LogP) is 1.83. The molecule has 2 heterocycles. The Balaban J connectivity index is 1.56. The minimum atomic E-state index is -0.195. The highest BCUT2D eigenvalue weighted by atomic mass is 16.5. The molecule has 1 N–H and O–H groups in total. The van der Waals surface area contributed by atoms with Crippen molar-refractivity contribution < 1.29 is 9.53 Å². The van der Waals surface area contributed by atoms with Crippen molar-refractivity contribution in [1.82, 2.24) is 19.8 Å². The number of amides is 1. The number of nitrogens with zero attached hydrogens (tertiary/aromatic N) is 3. The zero-order chi connectivity index (χ0) is 20.9. The molecular weight excluding hydrogens is 380 g/mol. The van der Waals surface area contributed by atoms with E-state index in [2.05, 4.69) is 22.3 Å². The molecule has 7 heteroatoms. The monoisotopic (exact) mass is 406 g/mol. The standard InChI is InChI=1S/C23H26N4O3/c1-30-14-10-24-22(28)18-7-8-19-20(15-18)25-21-9-11-26(12-13-27(21)23(19)29)16-17-5-3-2-4-6-17/h2-8,15H,9-14,16H2,1H3,(H,24,28). The number of ether oxygens (including phenoxy) is 1. The smallest absolute Gasteiger partial charge is 0.261 e. The number of nitrogens with one attached hydrogen (secondary N) is 1. The van der Waals surface area contributed by atoms with Gasteiger partial charge in [-0.05, 0) is 23.8 Å². The van der Waals surface area contributed by atoms with Crippen LogP contribution in [0.1, 0.15) is 21.7 Å². The van der Waals surface area contributed by atoms with E-state index in [1.807, 2.05) is 18.2 Å². The highest BCUT2D eigenvalue weighted by Crippen LogP contribution is 2.15. The fourth-order valence-corrected chi connectivity index (χ4v) is 3.81. The van der Waals surface area contributed by atoms with Gasteiger partial charge in [-0.15, -0.1) is 0 Å². The first-order valence-electron chi connectivity index (χ1n) is 10.2. The van der Waals surface area contributed by atoms with E-state index in [0.717, 1.165) is 25.5 Å². The van der Waals surface area contributed by atoms with Crippen molar-refractivity contribution in [2.75, 3.05) is 33.4 Å². The Kier molecular flexibility index (Phi) is 6.21. The Hall–Kier alpha value is -3.03. The third kappa shape index (κ3) is 4.42. The fourth-order valence-electron chi connectivity index (χ4n) is 3.81. The summed E-state index contributed by atoms with van der Waals surface area (Å²) < 4.78 is 6.74. The van der Waals surface area contributed by atoms with Gasteiger partial charge >= 0.3 is 0 Å². The average Bonchev–Trinajstić information content (AvgIpc) is 2.97. The third-order valence-electron chi connectivity index (χ3n) is 5.43. The van der Waals surface area contributed by atoms with Crippen molar-refractivity contribution in [3.05, 3.63) is 75.8 Å². The maximum atomic E-state index is 13.1. The first-order chi connectivity index (χ1) is 14.7. The molecule has 7 nitrogen and oxygen atoms in total. The minimum absolute atomic E-state index is 0.0390. The Morgan fingerprint density at radius 1 is 1.13 bits per heavy atom. The number of hydrogen-bond acceptors (Lipinski definition) is 5. The van der Waals surface area contributed by atoms with Crippen LogP contribution in [0.4, 0.5) is 0 Å². The zero-order valence-electron chi connectivity index (χ0n) is 17.1. The van der Waals surface area contributed by atoms with Gasteiger partial charge in [0.05, 0.1) is 17.5 Å². The molecule has 4 rings (SSSR count). The molecule has 0 saturated heterocycles. The first kappa shape index (κ1) is 20.3. The SMILES string of the molecule is COCCNC(=O)c1ccc2c(=O)n3c(nc2c1)CCN(Cc1ccccc1)CC3. The average molecular weight is 406 g/mol. The summed E-state index contributed by atoms with van der Waals surface area (Å²) in [4.78, 5) is 32.5. The molecule has 1 amide bonds. The molecule has 0 saturated carbocycles. The van der Waals surface area contributed by atoms with Crippen LogP contribution in [0.15, 0.2) is 53.3 Å². The molecular formula is C23H26N4O3. The van der Waals surface area contributed by atoms with Gasteiger partial charge < -0.3 is 10.1 Å². The van der Waals surface area contributed by atoms with Crippen molar-refractivity contribution in [3.8, 4) is 0 Å². The Morgan fingerprint density at radius 3 is 2.77 bits per heavy atom. The molecule has 0 fully saturated rings. The van der Waals surface area contributed by atoms with Crippen molar-refractivity contribution in [1.29, 1.82) is 0 Å². The largest absolute Gasteiger partial charge is 0.383 e. The van der Waals surface area contributed by atoms with Crippen LogP contribution in [0.2, 0.25) is 0 Å². The van der Waals surface area contributed by atoms with E-state index >= 15 is 0 Å². The molecule has 2 aromatic carbocycles. The summed E-state index contributed by atoms with van der Waals surface area (Å²) in [6.45, 7) is 3.99. The van der Waals surface area contributed by atoms with Crippen molar-refractivity contribution in [2.45, 2.75) is 19.5 Å². The number of rotatable bonds is 6. The summed E-state index contributed by atoms with van der Waals surface area (Å²) in [6.07, 6.45) is 0.697. The number of aromatic nitrogens is 2. The lowest BCUT2D eigenvalue weighted by Crippen LogP contribution is -2.29. The van der Waals surface area contributed by atoms with E-state index < -0.39 is 0 Å². The molecule has 0 unspecified atom stereocenters. The Morgan fingerprint density at radius 2 is 1.97 bits per heavy atom. The van der Waals surface area contributed by atoms with Crippen LogP contribution in [0.3, 0.4) is 0 Å². The summed E-state index contributed by atoms with van der Waals surface area (Å²) in [5, 5.41) is 3.34. The molecule has 3 aromatic rings. The van der Waals surface area contributed by atoms with Gasteiger partial charge in [-0.2, -0.15) is 0 Å². The van der Waals surface area contributed by atoms with E-state index in [1.165, 1.54) is 5.56 Å². The first-order valence-corrected chi connectivity index (χ1v) is 10.2. The quantitative estimate of drug-likeness (QED) is 0.632. The maximum absolute atomic E-state index is 13.1. The number of fused-ring (bicyclic) bond motifs is 2. The van der Waals surface area contributed by atoms with Crippen molar-refractivity contribution >= 4 is 16.8 Å². The Labute approximate surface area is 175 Å². The second kappa shape index (κ2) is 9.19. The van der Waals surface area contributed by atoms with Crippen LogP contribution < -0.4 is 10.9 Å². The van der Waals surface area contributed by atoms with Gasteiger partial charge in [0.1, 0.15) is 5.82 Å². The summed E-state index contributed by atoms with van der Waals surface area (Å²) in [7, 11) is 1.59. The highest BCUT2D eigenvalue weighted by Gasteiger charge is 2.18. The number of carbonyl (C=O) groups is 1. The summed E-state index contributed by atoms with van der Waals surface area (Å²) in [5.74, 6) is 0.583. The number of benzene rings is 2. The normalized spacial score (nSPS) is 14.3. The molecule has 1 aliphatic heterocycles. The lowest BCUT2D eigenvalue weighted by molar-refractivity contribution is 0.0937. The summed E-state index contributed by atoms with van der Waals surface area (Å²) >= 11 is 0. The van der Waals surface area contributed by atoms with Crippen LogP contribution in [0.5, 0.6) is 0 Å². The van der Waals surface area contributed by atoms with E-state index in [1.54, 1.807) is 29.9 Å². The minimum Gasteiger partial charge on any atom is -0.383 e. The molecule has 0 aliphatic carbocycles. The van der Waals surface area contributed by atoms with E-state index in [4.69, 9.17) is 9.72 Å². The lowest BCUT2D eigenvalue weighted by atomic mass is 10.1. The van der Waals surface area contributed by atoms with Gasteiger partial charge in [-0.3, -0.25) is 19.1 Å². The molecule has 0 spiro atoms. The topological polar surface area (TPSA) is 76.5 Å². The van der Waals surface area contributed by atoms with Crippen LogP contribution in [0, 0.1) is 0 Å². The maximum Gasteiger partial charge on any atom is 0.261 e. The van der Waals surface area contributed by atoms with Crippen LogP contribution in [-0.2, 0) is 24.2 Å². The second-order valence-electron chi connectivity index (χ2n) is 7.48. The van der Waals surface area contributed by atoms with Crippen LogP contribution in [-0.4, -0.2) is 53.7 Å². The second-order valence-corrected chi connectivity index (χ2v) is 7.48. The van der Waals surface area contributed by atoms with E-state index in [-0.39, 0.29) is 11.5 Å². The predicted molar refractivity (Wildman–Crippen MR) is 116 cm³/mol. The van der Waals surface area contributed by atoms with Crippen LogP contribution >= 0.6 is 0 Å². The van der Waals surface area contributed by atoms with Gasteiger partial charge in [-0.25, -0.2) is 4.98 Å². The summed E-state index contributed by atoms with van der Waals surface area (Å²) in [5.41, 5.74) is 2.29. The molecule has 1 aromatic heterocycles. The molecule has 156 valence electrons. The van der Waals surface area contributed by atoms with Gasteiger partial charge in [0.2, 0.25) is 0 Å². The van der Waals surface area contributed by atoms with Crippen molar-refractivity contribution in [2.24, 2.45) is 0 Å².